The minimum atomic E-state index is -4.84. The smallest absolute Gasteiger partial charge is 0.417 e. The SMILES string of the molecule is CC(C)(C)OC(=O)NC(Cc1cccc(Cl)c1)C(=O)N1CCN(C(=O)c2cc(F)ccc2C(F)(F)F)CC1. The van der Waals surface area contributed by atoms with E-state index in [1.54, 1.807) is 45.0 Å². The van der Waals surface area contributed by atoms with E-state index in [-0.39, 0.29) is 32.6 Å². The normalized spacial score (nSPS) is 15.2. The summed E-state index contributed by atoms with van der Waals surface area (Å²) in [7, 11) is 0. The number of alkyl halides is 3. The number of alkyl carbamates (subject to hydrolysis) is 1. The van der Waals surface area contributed by atoms with Crippen LogP contribution in [0.25, 0.3) is 0 Å². The van der Waals surface area contributed by atoms with E-state index >= 15 is 0 Å². The Morgan fingerprint density at radius 3 is 2.21 bits per heavy atom. The van der Waals surface area contributed by atoms with Crippen LogP contribution in [0.1, 0.15) is 42.3 Å². The van der Waals surface area contributed by atoms with Gasteiger partial charge in [-0.2, -0.15) is 13.2 Å². The van der Waals surface area contributed by atoms with Crippen molar-refractivity contribution in [2.45, 2.75) is 45.0 Å². The van der Waals surface area contributed by atoms with Gasteiger partial charge in [0.2, 0.25) is 5.91 Å². The molecule has 7 nitrogen and oxygen atoms in total. The van der Waals surface area contributed by atoms with Crippen LogP contribution in [0.3, 0.4) is 0 Å². The molecule has 3 rings (SSSR count). The highest BCUT2D eigenvalue weighted by atomic mass is 35.5. The van der Waals surface area contributed by atoms with Gasteiger partial charge < -0.3 is 19.9 Å². The molecule has 1 aliphatic rings. The highest BCUT2D eigenvalue weighted by molar-refractivity contribution is 6.30. The van der Waals surface area contributed by atoms with Gasteiger partial charge in [0.15, 0.2) is 0 Å². The van der Waals surface area contributed by atoms with E-state index in [0.29, 0.717) is 28.8 Å². The largest absolute Gasteiger partial charge is 0.444 e. The van der Waals surface area contributed by atoms with Gasteiger partial charge in [0.05, 0.1) is 11.1 Å². The molecule has 2 aromatic carbocycles. The number of nitrogens with one attached hydrogen (secondary N) is 1. The van der Waals surface area contributed by atoms with E-state index in [4.69, 9.17) is 16.3 Å². The number of halogens is 5. The second kappa shape index (κ2) is 11.6. The zero-order valence-corrected chi connectivity index (χ0v) is 21.8. The molecule has 1 unspecified atom stereocenters. The van der Waals surface area contributed by atoms with Crippen molar-refractivity contribution in [3.05, 3.63) is 70.0 Å². The van der Waals surface area contributed by atoms with Crippen molar-refractivity contribution in [1.29, 1.82) is 0 Å². The maximum atomic E-state index is 13.7. The number of carbonyl (C=O) groups is 3. The molecule has 1 heterocycles. The van der Waals surface area contributed by atoms with Gasteiger partial charge in [-0.1, -0.05) is 23.7 Å². The zero-order valence-electron chi connectivity index (χ0n) is 21.1. The van der Waals surface area contributed by atoms with Crippen LogP contribution in [0.4, 0.5) is 22.4 Å². The number of carbonyl (C=O) groups excluding carboxylic acids is 3. The van der Waals surface area contributed by atoms with E-state index in [1.807, 2.05) is 0 Å². The van der Waals surface area contributed by atoms with Crippen molar-refractivity contribution in [2.75, 3.05) is 26.2 Å². The van der Waals surface area contributed by atoms with Gasteiger partial charge in [0.25, 0.3) is 5.91 Å². The molecular formula is C26H28ClF4N3O4. The maximum Gasteiger partial charge on any atom is 0.417 e. The first kappa shape index (κ1) is 29.2. The fourth-order valence-electron chi connectivity index (χ4n) is 4.01. The number of hydrogen-bond acceptors (Lipinski definition) is 4. The summed E-state index contributed by atoms with van der Waals surface area (Å²) in [6.45, 7) is 4.90. The number of nitrogens with zero attached hydrogens (tertiary/aromatic N) is 2. The number of rotatable bonds is 5. The maximum absolute atomic E-state index is 13.7. The molecule has 38 heavy (non-hydrogen) atoms. The van der Waals surface area contributed by atoms with Crippen molar-refractivity contribution in [2.24, 2.45) is 0 Å². The predicted molar refractivity (Wildman–Crippen MR) is 132 cm³/mol. The van der Waals surface area contributed by atoms with Gasteiger partial charge in [0.1, 0.15) is 17.5 Å². The van der Waals surface area contributed by atoms with Crippen LogP contribution in [-0.2, 0) is 22.1 Å². The lowest BCUT2D eigenvalue weighted by Gasteiger charge is -2.37. The summed E-state index contributed by atoms with van der Waals surface area (Å²) in [4.78, 5) is 41.2. The lowest BCUT2D eigenvalue weighted by molar-refractivity contribution is -0.138. The van der Waals surface area contributed by atoms with Gasteiger partial charge in [-0.3, -0.25) is 9.59 Å². The van der Waals surface area contributed by atoms with Crippen LogP contribution in [0.5, 0.6) is 0 Å². The quantitative estimate of drug-likeness (QED) is 0.530. The van der Waals surface area contributed by atoms with Crippen molar-refractivity contribution < 1.29 is 36.7 Å². The molecule has 206 valence electrons. The van der Waals surface area contributed by atoms with Crippen LogP contribution in [0, 0.1) is 5.82 Å². The Morgan fingerprint density at radius 2 is 1.63 bits per heavy atom. The van der Waals surface area contributed by atoms with Gasteiger partial charge >= 0.3 is 12.3 Å². The summed E-state index contributed by atoms with van der Waals surface area (Å²) in [5.41, 5.74) is -2.13. The van der Waals surface area contributed by atoms with Crippen molar-refractivity contribution in [3.63, 3.8) is 0 Å². The fourth-order valence-corrected chi connectivity index (χ4v) is 4.22. The highest BCUT2D eigenvalue weighted by Crippen LogP contribution is 2.33. The summed E-state index contributed by atoms with van der Waals surface area (Å²) in [6.07, 6.45) is -5.52. The molecule has 1 fully saturated rings. The van der Waals surface area contributed by atoms with E-state index in [9.17, 15) is 31.9 Å². The molecule has 0 spiro atoms. The third-order valence-corrected chi connectivity index (χ3v) is 5.95. The summed E-state index contributed by atoms with van der Waals surface area (Å²) in [6, 6.07) is 7.50. The molecule has 1 aliphatic heterocycles. The Labute approximate surface area is 222 Å². The van der Waals surface area contributed by atoms with Crippen molar-refractivity contribution in [1.82, 2.24) is 15.1 Å². The van der Waals surface area contributed by atoms with E-state index in [2.05, 4.69) is 5.32 Å². The molecular weight excluding hydrogens is 530 g/mol. The molecule has 0 aromatic heterocycles. The van der Waals surface area contributed by atoms with E-state index in [0.717, 1.165) is 4.90 Å². The molecule has 2 aromatic rings. The number of amides is 3. The van der Waals surface area contributed by atoms with Crippen molar-refractivity contribution >= 4 is 29.5 Å². The summed E-state index contributed by atoms with van der Waals surface area (Å²) in [5, 5.41) is 3.04. The van der Waals surface area contributed by atoms with Crippen LogP contribution < -0.4 is 5.32 Å². The van der Waals surface area contributed by atoms with Crippen LogP contribution >= 0.6 is 11.6 Å². The molecule has 0 saturated carbocycles. The highest BCUT2D eigenvalue weighted by Gasteiger charge is 2.38. The number of piperazine rings is 1. The second-order valence-electron chi connectivity index (χ2n) is 9.84. The molecule has 0 aliphatic carbocycles. The molecule has 0 radical (unpaired) electrons. The molecule has 3 amide bonds. The molecule has 12 heteroatoms. The van der Waals surface area contributed by atoms with Crippen LogP contribution in [0.15, 0.2) is 42.5 Å². The monoisotopic (exact) mass is 557 g/mol. The first-order valence-corrected chi connectivity index (χ1v) is 12.2. The summed E-state index contributed by atoms with van der Waals surface area (Å²) < 4.78 is 59.1. The number of benzene rings is 2. The average molecular weight is 558 g/mol. The third kappa shape index (κ3) is 7.83. The lowest BCUT2D eigenvalue weighted by Crippen LogP contribution is -2.56. The standard InChI is InChI=1S/C26H28ClF4N3O4/c1-25(2,3)38-24(37)32-21(14-16-5-4-6-17(27)13-16)23(36)34-11-9-33(10-12-34)22(35)19-15-18(28)7-8-20(19)26(29,30)31/h4-8,13,15,21H,9-12,14H2,1-3H3,(H,32,37). The lowest BCUT2D eigenvalue weighted by atomic mass is 10.0. The topological polar surface area (TPSA) is 79.0 Å². The number of ether oxygens (including phenoxy) is 1. The van der Waals surface area contributed by atoms with Crippen LogP contribution in [0.2, 0.25) is 5.02 Å². The predicted octanol–water partition coefficient (Wildman–Crippen LogP) is 4.92. The molecule has 0 bridgehead atoms. The Balaban J connectivity index is 1.73. The Kier molecular flexibility index (Phi) is 8.91. The first-order valence-electron chi connectivity index (χ1n) is 11.8. The first-order chi connectivity index (χ1) is 17.6. The fraction of sp³-hybridized carbons (Fsp3) is 0.423. The molecule has 1 saturated heterocycles. The van der Waals surface area contributed by atoms with Gasteiger partial charge in [-0.25, -0.2) is 9.18 Å². The van der Waals surface area contributed by atoms with Gasteiger partial charge in [-0.15, -0.1) is 0 Å². The Hall–Kier alpha value is -3.34. The van der Waals surface area contributed by atoms with Gasteiger partial charge in [-0.05, 0) is 56.7 Å². The minimum absolute atomic E-state index is 0.00326. The third-order valence-electron chi connectivity index (χ3n) is 5.71. The zero-order chi connectivity index (χ0) is 28.3. The van der Waals surface area contributed by atoms with Gasteiger partial charge in [0, 0.05) is 37.6 Å². The molecule has 1 N–H and O–H groups in total. The van der Waals surface area contributed by atoms with E-state index < -0.39 is 52.7 Å². The van der Waals surface area contributed by atoms with Crippen LogP contribution in [-0.4, -0.2) is 65.5 Å². The summed E-state index contributed by atoms with van der Waals surface area (Å²) in [5.74, 6) is -2.40. The minimum Gasteiger partial charge on any atom is -0.444 e. The summed E-state index contributed by atoms with van der Waals surface area (Å²) >= 11 is 6.06. The number of hydrogen-bond donors (Lipinski definition) is 1. The Morgan fingerprint density at radius 1 is 1.00 bits per heavy atom. The average Bonchev–Trinajstić information content (AvgIpc) is 2.81. The van der Waals surface area contributed by atoms with Crippen molar-refractivity contribution in [3.8, 4) is 0 Å². The Bertz CT molecular complexity index is 1190. The second-order valence-corrected chi connectivity index (χ2v) is 10.3. The van der Waals surface area contributed by atoms with E-state index in [1.165, 1.54) is 4.90 Å². The molecule has 1 atom stereocenters.